The number of rotatable bonds is 8. The van der Waals surface area contributed by atoms with E-state index in [1.807, 2.05) is 6.07 Å². The monoisotopic (exact) mass is 397 g/mol. The average molecular weight is 397 g/mol. The fourth-order valence-electron chi connectivity index (χ4n) is 2.37. The predicted octanol–water partition coefficient (Wildman–Crippen LogP) is 2.85. The van der Waals surface area contributed by atoms with E-state index in [1.54, 1.807) is 30.3 Å². The maximum Gasteiger partial charge on any atom is 0.246 e. The molecule has 0 aliphatic heterocycles. The number of hydrogen-bond acceptors (Lipinski definition) is 5. The van der Waals surface area contributed by atoms with Gasteiger partial charge >= 0.3 is 0 Å². The van der Waals surface area contributed by atoms with Gasteiger partial charge in [0, 0.05) is 18.8 Å². The van der Waals surface area contributed by atoms with Crippen molar-refractivity contribution in [2.45, 2.75) is 0 Å². The molecular formula is C21H20FN3O4. The van der Waals surface area contributed by atoms with Crippen LogP contribution >= 0.6 is 0 Å². The van der Waals surface area contributed by atoms with Gasteiger partial charge < -0.3 is 19.7 Å². The number of nitrogens with one attached hydrogen (secondary N) is 1. The molecule has 0 fully saturated rings. The van der Waals surface area contributed by atoms with Gasteiger partial charge in [-0.25, -0.2) is 4.39 Å². The van der Waals surface area contributed by atoms with Crippen LogP contribution in [0.3, 0.4) is 0 Å². The number of amides is 2. The highest BCUT2D eigenvalue weighted by atomic mass is 19.1. The van der Waals surface area contributed by atoms with Crippen LogP contribution in [0.5, 0.6) is 11.5 Å². The zero-order chi connectivity index (χ0) is 21.2. The number of nitriles is 1. The van der Waals surface area contributed by atoms with Crippen LogP contribution in [0.15, 0.2) is 48.5 Å². The maximum absolute atomic E-state index is 13.2. The highest BCUT2D eigenvalue weighted by Gasteiger charge is 2.11. The van der Waals surface area contributed by atoms with Crippen LogP contribution in [0.2, 0.25) is 0 Å². The molecule has 2 aromatic rings. The summed E-state index contributed by atoms with van der Waals surface area (Å²) in [5.41, 5.74) is 0.995. The largest absolute Gasteiger partial charge is 0.493 e. The van der Waals surface area contributed by atoms with Gasteiger partial charge in [0.1, 0.15) is 11.9 Å². The first-order chi connectivity index (χ1) is 13.9. The van der Waals surface area contributed by atoms with Crippen LogP contribution in [0.4, 0.5) is 10.1 Å². The van der Waals surface area contributed by atoms with Crippen molar-refractivity contribution in [2.24, 2.45) is 0 Å². The van der Waals surface area contributed by atoms with Crippen molar-refractivity contribution < 1.29 is 23.5 Å². The first-order valence-corrected chi connectivity index (χ1v) is 8.59. The molecule has 1 N–H and O–H groups in total. The summed E-state index contributed by atoms with van der Waals surface area (Å²) in [5.74, 6) is -0.445. The Bertz CT molecular complexity index is 953. The number of methoxy groups -OCH3 is 1. The van der Waals surface area contributed by atoms with Crippen LogP contribution < -0.4 is 14.8 Å². The minimum absolute atomic E-state index is 0.105. The molecule has 0 saturated heterocycles. The second-order valence-corrected chi connectivity index (χ2v) is 5.94. The lowest BCUT2D eigenvalue weighted by Gasteiger charge is -2.15. The number of carbonyl (C=O) groups is 2. The van der Waals surface area contributed by atoms with Gasteiger partial charge in [-0.3, -0.25) is 9.59 Å². The van der Waals surface area contributed by atoms with Crippen LogP contribution in [-0.4, -0.2) is 44.0 Å². The van der Waals surface area contributed by atoms with Crippen molar-refractivity contribution in [3.05, 3.63) is 59.9 Å². The van der Waals surface area contributed by atoms with E-state index in [-0.39, 0.29) is 19.1 Å². The van der Waals surface area contributed by atoms with Crippen molar-refractivity contribution in [1.29, 1.82) is 5.26 Å². The van der Waals surface area contributed by atoms with Crippen molar-refractivity contribution >= 4 is 23.6 Å². The lowest BCUT2D eigenvalue weighted by atomic mass is 10.2. The molecule has 0 unspecified atom stereocenters. The van der Waals surface area contributed by atoms with Gasteiger partial charge in [-0.05, 0) is 42.0 Å². The van der Waals surface area contributed by atoms with Crippen molar-refractivity contribution in [2.75, 3.05) is 32.6 Å². The number of hydrogen-bond donors (Lipinski definition) is 1. The van der Waals surface area contributed by atoms with E-state index >= 15 is 0 Å². The van der Waals surface area contributed by atoms with E-state index in [9.17, 15) is 14.0 Å². The van der Waals surface area contributed by atoms with E-state index < -0.39 is 11.7 Å². The van der Waals surface area contributed by atoms with E-state index in [1.165, 1.54) is 43.3 Å². The van der Waals surface area contributed by atoms with Crippen molar-refractivity contribution in [3.63, 3.8) is 0 Å². The zero-order valence-corrected chi connectivity index (χ0v) is 16.0. The highest BCUT2D eigenvalue weighted by Crippen LogP contribution is 2.28. The SMILES string of the molecule is COc1cc(/C=C/C(=O)N(C)CC(=O)Nc2cccc(F)c2)ccc1OCC#N. The number of ether oxygens (including phenoxy) is 2. The topological polar surface area (TPSA) is 91.7 Å². The molecule has 0 bridgehead atoms. The second kappa shape index (κ2) is 10.5. The summed E-state index contributed by atoms with van der Waals surface area (Å²) in [5, 5.41) is 11.1. The number of benzene rings is 2. The van der Waals surface area contributed by atoms with E-state index in [4.69, 9.17) is 14.7 Å². The van der Waals surface area contributed by atoms with Gasteiger partial charge in [0.15, 0.2) is 18.1 Å². The summed E-state index contributed by atoms with van der Waals surface area (Å²) < 4.78 is 23.6. The smallest absolute Gasteiger partial charge is 0.246 e. The fourth-order valence-corrected chi connectivity index (χ4v) is 2.37. The molecule has 8 heteroatoms. The van der Waals surface area contributed by atoms with E-state index in [0.29, 0.717) is 22.7 Å². The molecule has 0 heterocycles. The van der Waals surface area contributed by atoms with Crippen LogP contribution in [0, 0.1) is 17.1 Å². The second-order valence-electron chi connectivity index (χ2n) is 5.94. The van der Waals surface area contributed by atoms with Gasteiger partial charge in [0.2, 0.25) is 11.8 Å². The summed E-state index contributed by atoms with van der Waals surface area (Å²) in [4.78, 5) is 25.5. The van der Waals surface area contributed by atoms with Crippen LogP contribution in [0.1, 0.15) is 5.56 Å². The number of anilines is 1. The Morgan fingerprint density at radius 3 is 2.72 bits per heavy atom. The Hall–Kier alpha value is -3.86. The summed E-state index contributed by atoms with van der Waals surface area (Å²) in [6, 6.07) is 12.4. The molecule has 0 aliphatic carbocycles. The molecule has 0 aromatic heterocycles. The number of halogens is 1. The molecule has 29 heavy (non-hydrogen) atoms. The van der Waals surface area contributed by atoms with Gasteiger partial charge in [-0.1, -0.05) is 12.1 Å². The number of likely N-dealkylation sites (N-methyl/N-ethyl adjacent to an activating group) is 1. The third kappa shape index (κ3) is 6.66. The molecular weight excluding hydrogens is 377 g/mol. The zero-order valence-electron chi connectivity index (χ0n) is 16.0. The summed E-state index contributed by atoms with van der Waals surface area (Å²) in [7, 11) is 2.95. The molecule has 2 rings (SSSR count). The Labute approximate surface area is 168 Å². The third-order valence-electron chi connectivity index (χ3n) is 3.76. The normalized spacial score (nSPS) is 10.3. The first kappa shape index (κ1) is 21.4. The van der Waals surface area contributed by atoms with Crippen molar-refractivity contribution in [1.82, 2.24) is 4.90 Å². The number of nitrogens with zero attached hydrogens (tertiary/aromatic N) is 2. The quantitative estimate of drug-likeness (QED) is 0.692. The van der Waals surface area contributed by atoms with E-state index in [2.05, 4.69) is 5.32 Å². The van der Waals surface area contributed by atoms with Crippen LogP contribution in [-0.2, 0) is 9.59 Å². The predicted molar refractivity (Wildman–Crippen MR) is 106 cm³/mol. The summed E-state index contributed by atoms with van der Waals surface area (Å²) in [6.45, 7) is -0.295. The van der Waals surface area contributed by atoms with Crippen LogP contribution in [0.25, 0.3) is 6.08 Å². The fraction of sp³-hybridized carbons (Fsp3) is 0.190. The highest BCUT2D eigenvalue weighted by molar-refractivity contribution is 5.97. The van der Waals surface area contributed by atoms with Gasteiger partial charge in [0.05, 0.1) is 13.7 Å². The first-order valence-electron chi connectivity index (χ1n) is 8.59. The van der Waals surface area contributed by atoms with E-state index in [0.717, 1.165) is 0 Å². The van der Waals surface area contributed by atoms with Gasteiger partial charge in [0.25, 0.3) is 0 Å². The Morgan fingerprint density at radius 2 is 2.03 bits per heavy atom. The molecule has 0 saturated carbocycles. The molecule has 7 nitrogen and oxygen atoms in total. The lowest BCUT2D eigenvalue weighted by molar-refractivity contribution is -0.129. The lowest BCUT2D eigenvalue weighted by Crippen LogP contribution is -2.33. The number of carbonyl (C=O) groups excluding carboxylic acids is 2. The molecule has 0 spiro atoms. The van der Waals surface area contributed by atoms with Gasteiger partial charge in [-0.15, -0.1) is 0 Å². The van der Waals surface area contributed by atoms with Gasteiger partial charge in [-0.2, -0.15) is 5.26 Å². The molecule has 0 radical (unpaired) electrons. The molecule has 2 aromatic carbocycles. The standard InChI is InChI=1S/C21H20FN3O4/c1-25(14-20(26)24-17-5-3-4-16(22)13-17)21(27)9-7-15-6-8-18(29-11-10-23)19(12-15)28-2/h3-9,12-13H,11,14H2,1-2H3,(H,24,26)/b9-7+. The minimum atomic E-state index is -0.463. The molecule has 150 valence electrons. The molecule has 0 atom stereocenters. The Morgan fingerprint density at radius 1 is 1.24 bits per heavy atom. The Balaban J connectivity index is 1.95. The molecule has 0 aliphatic rings. The molecule has 2 amide bonds. The third-order valence-corrected chi connectivity index (χ3v) is 3.76. The summed E-state index contributed by atoms with van der Waals surface area (Å²) in [6.07, 6.45) is 2.89. The summed E-state index contributed by atoms with van der Waals surface area (Å²) >= 11 is 0. The van der Waals surface area contributed by atoms with Crippen molar-refractivity contribution in [3.8, 4) is 17.6 Å². The minimum Gasteiger partial charge on any atom is -0.493 e. The maximum atomic E-state index is 13.2. The Kier molecular flexibility index (Phi) is 7.74. The average Bonchev–Trinajstić information content (AvgIpc) is 2.70.